The van der Waals surface area contributed by atoms with E-state index in [2.05, 4.69) is 49.1 Å². The Morgan fingerprint density at radius 2 is 2.00 bits per heavy atom. The fraction of sp³-hybridized carbons (Fsp3) is 0.645. The monoisotopic (exact) mass is 505 g/mol. The molecule has 6 heterocycles. The molecule has 0 aromatic heterocycles. The molecule has 37 heavy (non-hydrogen) atoms. The van der Waals surface area contributed by atoms with Crippen molar-refractivity contribution in [2.75, 3.05) is 7.11 Å². The van der Waals surface area contributed by atoms with Gasteiger partial charge in [0.2, 0.25) is 5.76 Å². The van der Waals surface area contributed by atoms with Crippen LogP contribution in [0.1, 0.15) is 65.7 Å². The number of carbonyl (C=O) groups excluding carboxylic acids is 1. The van der Waals surface area contributed by atoms with E-state index in [0.29, 0.717) is 34.8 Å². The lowest BCUT2D eigenvalue weighted by Gasteiger charge is -2.65. The molecule has 0 amide bonds. The molecule has 0 unspecified atom stereocenters. The number of hydrogen-bond donors (Lipinski definition) is 1. The molecule has 2 bridgehead atoms. The van der Waals surface area contributed by atoms with Gasteiger partial charge in [-0.3, -0.25) is 4.90 Å². The van der Waals surface area contributed by atoms with Crippen LogP contribution in [0, 0.1) is 29.6 Å². The van der Waals surface area contributed by atoms with Crippen LogP contribution < -0.4 is 0 Å². The molecule has 1 spiro atoms. The quantitative estimate of drug-likeness (QED) is 0.415. The molecule has 198 valence electrons. The molecule has 9 atom stereocenters. The minimum Gasteiger partial charge on any atom is -0.492 e. The maximum absolute atomic E-state index is 12.5. The summed E-state index contributed by atoms with van der Waals surface area (Å²) in [5, 5.41) is 12.5. The number of aliphatic hydroxyl groups is 1. The van der Waals surface area contributed by atoms with Crippen molar-refractivity contribution >= 4 is 5.97 Å². The number of methoxy groups -OCH3 is 1. The maximum atomic E-state index is 12.5. The van der Waals surface area contributed by atoms with E-state index in [1.807, 2.05) is 0 Å². The number of esters is 1. The van der Waals surface area contributed by atoms with Crippen molar-refractivity contribution in [3.05, 3.63) is 59.0 Å². The molecule has 6 nitrogen and oxygen atoms in total. The van der Waals surface area contributed by atoms with Crippen LogP contribution in [0.3, 0.4) is 0 Å². The highest BCUT2D eigenvalue weighted by Gasteiger charge is 2.65. The largest absolute Gasteiger partial charge is 0.492 e. The summed E-state index contributed by atoms with van der Waals surface area (Å²) in [4.78, 5) is 15.1. The van der Waals surface area contributed by atoms with Crippen molar-refractivity contribution in [3.63, 3.8) is 0 Å². The van der Waals surface area contributed by atoms with Gasteiger partial charge in [-0.05, 0) is 63.9 Å². The summed E-state index contributed by atoms with van der Waals surface area (Å²) < 4.78 is 17.9. The minimum absolute atomic E-state index is 0.00983. The Bertz CT molecular complexity index is 1190. The third kappa shape index (κ3) is 3.09. The molecule has 0 aromatic rings. The summed E-state index contributed by atoms with van der Waals surface area (Å²) in [7, 11) is 1.58. The first-order valence-corrected chi connectivity index (χ1v) is 14.3. The van der Waals surface area contributed by atoms with E-state index in [9.17, 15) is 9.90 Å². The molecule has 1 N–H and O–H groups in total. The van der Waals surface area contributed by atoms with Gasteiger partial charge in [-0.2, -0.15) is 0 Å². The van der Waals surface area contributed by atoms with Crippen LogP contribution in [-0.2, 0) is 19.0 Å². The maximum Gasteiger partial charge on any atom is 0.343 e. The second kappa shape index (κ2) is 8.09. The van der Waals surface area contributed by atoms with Crippen LogP contribution in [0.4, 0.5) is 0 Å². The Kier molecular flexibility index (Phi) is 5.20. The van der Waals surface area contributed by atoms with Crippen molar-refractivity contribution in [2.45, 2.75) is 88.9 Å². The number of cyclic esters (lactones) is 1. The predicted molar refractivity (Wildman–Crippen MR) is 138 cm³/mol. The predicted octanol–water partition coefficient (Wildman–Crippen LogP) is 5.13. The molecule has 3 saturated heterocycles. The topological polar surface area (TPSA) is 68.2 Å². The van der Waals surface area contributed by atoms with Crippen LogP contribution >= 0.6 is 0 Å². The summed E-state index contributed by atoms with van der Waals surface area (Å²) in [6.45, 7) is 6.25. The van der Waals surface area contributed by atoms with Crippen molar-refractivity contribution in [3.8, 4) is 0 Å². The lowest BCUT2D eigenvalue weighted by Crippen LogP contribution is -2.74. The summed E-state index contributed by atoms with van der Waals surface area (Å²) >= 11 is 0. The fourth-order valence-electron chi connectivity index (χ4n) is 9.11. The van der Waals surface area contributed by atoms with E-state index >= 15 is 0 Å². The number of rotatable bonds is 2. The Hall–Kier alpha value is -2.31. The summed E-state index contributed by atoms with van der Waals surface area (Å²) in [6, 6.07) is 0.511. The summed E-state index contributed by atoms with van der Waals surface area (Å²) in [5.41, 5.74) is -0.446. The second-order valence-electron chi connectivity index (χ2n) is 12.6. The smallest absolute Gasteiger partial charge is 0.343 e. The van der Waals surface area contributed by atoms with E-state index in [0.717, 1.165) is 50.7 Å². The second-order valence-corrected chi connectivity index (χ2v) is 12.6. The number of nitrogens with zero attached hydrogens (tertiary/aromatic N) is 1. The third-order valence-corrected chi connectivity index (χ3v) is 10.7. The zero-order chi connectivity index (χ0) is 25.7. The molecule has 0 saturated carbocycles. The van der Waals surface area contributed by atoms with Crippen LogP contribution in [0.5, 0.6) is 0 Å². The van der Waals surface area contributed by atoms with Gasteiger partial charge in [0.1, 0.15) is 5.76 Å². The Morgan fingerprint density at radius 1 is 1.16 bits per heavy atom. The first kappa shape index (κ1) is 23.8. The van der Waals surface area contributed by atoms with Gasteiger partial charge < -0.3 is 19.3 Å². The van der Waals surface area contributed by atoms with E-state index in [1.165, 1.54) is 0 Å². The Morgan fingerprint density at radius 3 is 2.78 bits per heavy atom. The number of piperidine rings is 2. The summed E-state index contributed by atoms with van der Waals surface area (Å²) in [5.74, 6) is 3.41. The molecule has 2 aliphatic carbocycles. The normalized spacial score (nSPS) is 48.3. The minimum atomic E-state index is -0.707. The standard InChI is InChI=1S/C31H39NO5/c1-17-7-5-8-21(15-17)31(34)14-11-22-20-10-13-30(12-6-9-24(31)32(22)30)25-18(2)27(36-23(25)16-20)28-26(35-4)19(3)29(33)37-28/h5,8,10,13,16-18,20-22,24-25,34H,6-7,9,11-12,14-15H2,1-4H3/b28-27+/t17-,18-,20-,21+,22-,24-,25-,30+,31-/m0/s1. The average Bonchev–Trinajstić information content (AvgIpc) is 3.26. The molecule has 8 rings (SSSR count). The first-order valence-electron chi connectivity index (χ1n) is 14.3. The molecule has 8 aliphatic rings. The van der Waals surface area contributed by atoms with Crippen molar-refractivity contribution in [2.24, 2.45) is 29.6 Å². The van der Waals surface area contributed by atoms with Crippen molar-refractivity contribution in [1.82, 2.24) is 4.90 Å². The summed E-state index contributed by atoms with van der Waals surface area (Å²) in [6.07, 6.45) is 19.0. The SMILES string of the molecule is COC1=C(C)C(=O)O/C1=C1/OC2=C[C@@H]3C=C[C@]4(CCC[C@@H]5N4[C@H]3CC[C@]5(O)[C@@H]3C=CC[C@H](C)C3)[C@H]2[C@@H]1C. The van der Waals surface area contributed by atoms with Gasteiger partial charge >= 0.3 is 5.97 Å². The fourth-order valence-corrected chi connectivity index (χ4v) is 9.11. The van der Waals surface area contributed by atoms with Crippen LogP contribution in [0.25, 0.3) is 0 Å². The first-order chi connectivity index (χ1) is 17.8. The highest BCUT2D eigenvalue weighted by Crippen LogP contribution is 2.61. The van der Waals surface area contributed by atoms with Crippen molar-refractivity contribution in [1.29, 1.82) is 0 Å². The zero-order valence-corrected chi connectivity index (χ0v) is 22.4. The number of carbonyl (C=O) groups is 1. The van der Waals surface area contributed by atoms with E-state index < -0.39 is 5.60 Å². The molecule has 3 fully saturated rings. The lowest BCUT2D eigenvalue weighted by atomic mass is 9.59. The van der Waals surface area contributed by atoms with Gasteiger partial charge in [0.15, 0.2) is 11.5 Å². The van der Waals surface area contributed by atoms with E-state index in [-0.39, 0.29) is 41.2 Å². The van der Waals surface area contributed by atoms with Gasteiger partial charge in [0.25, 0.3) is 0 Å². The molecular weight excluding hydrogens is 466 g/mol. The van der Waals surface area contributed by atoms with Gasteiger partial charge in [0, 0.05) is 35.8 Å². The molecular formula is C31H39NO5. The highest BCUT2D eigenvalue weighted by molar-refractivity contribution is 5.93. The van der Waals surface area contributed by atoms with Crippen molar-refractivity contribution < 1.29 is 24.1 Å². The lowest BCUT2D eigenvalue weighted by molar-refractivity contribution is -0.185. The zero-order valence-electron chi connectivity index (χ0n) is 22.4. The van der Waals surface area contributed by atoms with Crippen LogP contribution in [0.15, 0.2) is 59.0 Å². The van der Waals surface area contributed by atoms with E-state index in [4.69, 9.17) is 14.2 Å². The molecule has 6 aliphatic heterocycles. The van der Waals surface area contributed by atoms with E-state index in [1.54, 1.807) is 14.0 Å². The Labute approximate surface area is 219 Å². The molecule has 0 radical (unpaired) electrons. The Balaban J connectivity index is 1.32. The van der Waals surface area contributed by atoms with Gasteiger partial charge in [0.05, 0.1) is 23.8 Å². The van der Waals surface area contributed by atoms with Crippen LogP contribution in [0.2, 0.25) is 0 Å². The van der Waals surface area contributed by atoms with Gasteiger partial charge in [-0.1, -0.05) is 38.2 Å². The number of hydrogen-bond acceptors (Lipinski definition) is 6. The molecule has 6 heteroatoms. The third-order valence-electron chi connectivity index (χ3n) is 10.7. The molecule has 0 aromatic carbocycles. The van der Waals surface area contributed by atoms with Gasteiger partial charge in [-0.25, -0.2) is 4.79 Å². The van der Waals surface area contributed by atoms with Crippen LogP contribution in [-0.4, -0.2) is 46.3 Å². The number of allylic oxidation sites excluding steroid dienone is 2. The average molecular weight is 506 g/mol. The highest BCUT2D eigenvalue weighted by atomic mass is 16.6. The number of ether oxygens (including phenoxy) is 3. The van der Waals surface area contributed by atoms with Gasteiger partial charge in [-0.15, -0.1) is 0 Å².